The van der Waals surface area contributed by atoms with Crippen molar-refractivity contribution in [2.45, 2.75) is 20.4 Å². The Morgan fingerprint density at radius 1 is 1.09 bits per heavy atom. The topological polar surface area (TPSA) is 210 Å². The molecule has 2 N–H and O–H groups in total. The molecule has 2 aromatic heterocycles. The number of amides is 2. The van der Waals surface area contributed by atoms with Gasteiger partial charge in [0, 0.05) is 25.2 Å². The van der Waals surface area contributed by atoms with Crippen LogP contribution < -0.4 is 15.4 Å². The van der Waals surface area contributed by atoms with Crippen molar-refractivity contribution in [1.82, 2.24) is 30.6 Å². The van der Waals surface area contributed by atoms with Crippen molar-refractivity contribution in [3.05, 3.63) is 67.6 Å². The van der Waals surface area contributed by atoms with Crippen LogP contribution in [0.25, 0.3) is 0 Å². The third-order valence-electron chi connectivity index (χ3n) is 4.63. The van der Waals surface area contributed by atoms with E-state index >= 15 is 0 Å². The number of benzene rings is 1. The van der Waals surface area contributed by atoms with Crippen molar-refractivity contribution in [1.29, 1.82) is 0 Å². The molecule has 0 saturated heterocycles. The molecule has 0 bridgehead atoms. The molecule has 0 aliphatic heterocycles. The molecule has 0 unspecified atom stereocenters. The Morgan fingerprint density at radius 2 is 1.77 bits per heavy atom. The van der Waals surface area contributed by atoms with Crippen LogP contribution >= 0.6 is 0 Å². The normalized spacial score (nSPS) is 10.6. The SMILES string of the molecule is Cc1nn(Cc2noc(C(=O)NCCNC(=O)COc3ccc([N+](=O)[O-])cc3)n2)c(C)c1[N+](=O)[O-]. The third kappa shape index (κ3) is 6.34. The number of nitrogens with one attached hydrogen (secondary N) is 2. The van der Waals surface area contributed by atoms with Gasteiger partial charge in [0.25, 0.3) is 11.6 Å². The van der Waals surface area contributed by atoms with E-state index in [2.05, 4.69) is 25.9 Å². The molecule has 2 heterocycles. The van der Waals surface area contributed by atoms with Crippen molar-refractivity contribution in [3.8, 4) is 5.75 Å². The van der Waals surface area contributed by atoms with Gasteiger partial charge in [0.1, 0.15) is 23.7 Å². The second kappa shape index (κ2) is 10.8. The number of carbonyl (C=O) groups is 2. The van der Waals surface area contributed by atoms with Gasteiger partial charge in [-0.2, -0.15) is 10.1 Å². The lowest BCUT2D eigenvalue weighted by molar-refractivity contribution is -0.386. The molecule has 16 heteroatoms. The first-order chi connectivity index (χ1) is 16.7. The van der Waals surface area contributed by atoms with Crippen LogP contribution in [0.3, 0.4) is 0 Å². The highest BCUT2D eigenvalue weighted by Crippen LogP contribution is 2.22. The van der Waals surface area contributed by atoms with Crippen molar-refractivity contribution in [2.24, 2.45) is 0 Å². The summed E-state index contributed by atoms with van der Waals surface area (Å²) in [5.74, 6) is -1.05. The maximum Gasteiger partial charge on any atom is 0.316 e. The molecule has 0 aliphatic rings. The van der Waals surface area contributed by atoms with Gasteiger partial charge in [-0.05, 0) is 26.0 Å². The molecule has 3 rings (SSSR count). The standard InChI is InChI=1S/C19H20N8O8/c1-11-17(27(32)33)12(2)25(23-11)9-15-22-19(35-24-15)18(29)21-8-7-20-16(28)10-34-14-5-3-13(4-6-14)26(30)31/h3-6H,7-10H2,1-2H3,(H,20,28)(H,21,29). The summed E-state index contributed by atoms with van der Waals surface area (Å²) in [6.07, 6.45) is 0. The largest absolute Gasteiger partial charge is 0.484 e. The van der Waals surface area contributed by atoms with Gasteiger partial charge in [0.15, 0.2) is 12.4 Å². The number of non-ortho nitro benzene ring substituents is 1. The maximum atomic E-state index is 12.2. The molecule has 0 spiro atoms. The minimum atomic E-state index is -0.667. The minimum Gasteiger partial charge on any atom is -0.484 e. The molecule has 184 valence electrons. The van der Waals surface area contributed by atoms with Gasteiger partial charge in [0.2, 0.25) is 0 Å². The van der Waals surface area contributed by atoms with Gasteiger partial charge in [-0.1, -0.05) is 5.16 Å². The Balaban J connectivity index is 1.40. The molecule has 0 saturated carbocycles. The second-order valence-corrected chi connectivity index (χ2v) is 7.10. The van der Waals surface area contributed by atoms with Crippen LogP contribution in [0.5, 0.6) is 5.75 Å². The van der Waals surface area contributed by atoms with E-state index in [1.54, 1.807) is 0 Å². The number of nitro benzene ring substituents is 1. The maximum absolute atomic E-state index is 12.2. The lowest BCUT2D eigenvalue weighted by Crippen LogP contribution is -2.36. The van der Waals surface area contributed by atoms with Crippen LogP contribution in [-0.4, -0.2) is 61.3 Å². The van der Waals surface area contributed by atoms with E-state index in [0.29, 0.717) is 11.4 Å². The van der Waals surface area contributed by atoms with Crippen LogP contribution in [0, 0.1) is 34.1 Å². The van der Waals surface area contributed by atoms with Gasteiger partial charge in [-0.15, -0.1) is 0 Å². The summed E-state index contributed by atoms with van der Waals surface area (Å²) in [5, 5.41) is 34.5. The number of rotatable bonds is 11. The molecular formula is C19H20N8O8. The number of nitrogens with zero attached hydrogens (tertiary/aromatic N) is 6. The Hall–Kier alpha value is -4.89. The monoisotopic (exact) mass is 488 g/mol. The number of aromatic nitrogens is 4. The summed E-state index contributed by atoms with van der Waals surface area (Å²) in [5.41, 5.74) is 0.360. The fourth-order valence-corrected chi connectivity index (χ4v) is 2.97. The fraction of sp³-hybridized carbons (Fsp3) is 0.316. The first-order valence-electron chi connectivity index (χ1n) is 10.1. The van der Waals surface area contributed by atoms with Gasteiger partial charge in [0.05, 0.1) is 9.85 Å². The summed E-state index contributed by atoms with van der Waals surface area (Å²) >= 11 is 0. The van der Waals surface area contributed by atoms with E-state index in [4.69, 9.17) is 9.26 Å². The van der Waals surface area contributed by atoms with Gasteiger partial charge in [-0.25, -0.2) is 0 Å². The predicted octanol–water partition coefficient (Wildman–Crippen LogP) is 0.673. The van der Waals surface area contributed by atoms with Crippen molar-refractivity contribution < 1.29 is 28.7 Å². The van der Waals surface area contributed by atoms with Crippen molar-refractivity contribution >= 4 is 23.2 Å². The van der Waals surface area contributed by atoms with E-state index in [0.717, 1.165) is 0 Å². The molecule has 0 radical (unpaired) electrons. The Kier molecular flexibility index (Phi) is 7.65. The number of hydrogen-bond acceptors (Lipinski definition) is 11. The zero-order chi connectivity index (χ0) is 25.5. The van der Waals surface area contributed by atoms with Gasteiger partial charge >= 0.3 is 17.5 Å². The molecule has 0 atom stereocenters. The zero-order valence-corrected chi connectivity index (χ0v) is 18.6. The van der Waals surface area contributed by atoms with Crippen LogP contribution in [0.15, 0.2) is 28.8 Å². The minimum absolute atomic E-state index is 0.0257. The second-order valence-electron chi connectivity index (χ2n) is 7.10. The molecule has 0 fully saturated rings. The van der Waals surface area contributed by atoms with Crippen LogP contribution in [-0.2, 0) is 11.3 Å². The molecule has 0 aliphatic carbocycles. The molecule has 1 aromatic carbocycles. The third-order valence-corrected chi connectivity index (χ3v) is 4.63. The van der Waals surface area contributed by atoms with Crippen LogP contribution in [0.2, 0.25) is 0 Å². The highest BCUT2D eigenvalue weighted by molar-refractivity contribution is 5.89. The predicted molar refractivity (Wildman–Crippen MR) is 116 cm³/mol. The fourth-order valence-electron chi connectivity index (χ4n) is 2.97. The van der Waals surface area contributed by atoms with Gasteiger partial charge < -0.3 is 19.9 Å². The average molecular weight is 488 g/mol. The Labute approximate surface area is 196 Å². The van der Waals surface area contributed by atoms with Crippen LogP contribution in [0.1, 0.15) is 27.9 Å². The number of nitro groups is 2. The van der Waals surface area contributed by atoms with Crippen molar-refractivity contribution in [3.63, 3.8) is 0 Å². The van der Waals surface area contributed by atoms with E-state index in [9.17, 15) is 29.8 Å². The smallest absolute Gasteiger partial charge is 0.316 e. The summed E-state index contributed by atoms with van der Waals surface area (Å²) in [7, 11) is 0. The number of ether oxygens (including phenoxy) is 1. The molecule has 2 amide bonds. The van der Waals surface area contributed by atoms with E-state index in [1.165, 1.54) is 42.8 Å². The first-order valence-corrected chi connectivity index (χ1v) is 10.1. The summed E-state index contributed by atoms with van der Waals surface area (Å²) in [6.45, 7) is 2.86. The Bertz CT molecular complexity index is 1250. The van der Waals surface area contributed by atoms with Crippen molar-refractivity contribution in [2.75, 3.05) is 19.7 Å². The summed E-state index contributed by atoms with van der Waals surface area (Å²) < 4.78 is 11.5. The molecule has 3 aromatic rings. The average Bonchev–Trinajstić information content (AvgIpc) is 3.39. The zero-order valence-electron chi connectivity index (χ0n) is 18.6. The number of aryl methyl sites for hydroxylation is 1. The highest BCUT2D eigenvalue weighted by Gasteiger charge is 2.23. The summed E-state index contributed by atoms with van der Waals surface area (Å²) in [4.78, 5) is 48.6. The molecule has 16 nitrogen and oxygen atoms in total. The highest BCUT2D eigenvalue weighted by atomic mass is 16.6. The summed E-state index contributed by atoms with van der Waals surface area (Å²) in [6, 6.07) is 5.26. The van der Waals surface area contributed by atoms with E-state index in [-0.39, 0.29) is 55.0 Å². The first kappa shape index (κ1) is 24.7. The van der Waals surface area contributed by atoms with E-state index < -0.39 is 21.7 Å². The quantitative estimate of drug-likeness (QED) is 0.217. The Morgan fingerprint density at radius 3 is 2.40 bits per heavy atom. The van der Waals surface area contributed by atoms with E-state index in [1.807, 2.05) is 0 Å². The lowest BCUT2D eigenvalue weighted by Gasteiger charge is -2.07. The molecule has 35 heavy (non-hydrogen) atoms. The molecular weight excluding hydrogens is 468 g/mol. The van der Waals surface area contributed by atoms with Crippen LogP contribution in [0.4, 0.5) is 11.4 Å². The lowest BCUT2D eigenvalue weighted by atomic mass is 10.3. The number of hydrogen-bond donors (Lipinski definition) is 2. The van der Waals surface area contributed by atoms with Gasteiger partial charge in [-0.3, -0.25) is 34.5 Å². The number of carbonyl (C=O) groups excluding carboxylic acids is 2.